The maximum atomic E-state index is 12.2. The van der Waals surface area contributed by atoms with Gasteiger partial charge in [0.25, 0.3) is 0 Å². The average Bonchev–Trinajstić information content (AvgIpc) is 2.26. The highest BCUT2D eigenvalue weighted by Crippen LogP contribution is 2.18. The van der Waals surface area contributed by atoms with Crippen LogP contribution in [0, 0.1) is 17.5 Å². The summed E-state index contributed by atoms with van der Waals surface area (Å²) in [5, 5.41) is 13.6. The summed E-state index contributed by atoms with van der Waals surface area (Å²) in [7, 11) is 2.00. The van der Waals surface area contributed by atoms with Crippen molar-refractivity contribution in [3.8, 4) is 0 Å². The molecule has 0 heterocycles. The molecule has 0 bridgehead atoms. The molecule has 0 aliphatic rings. The number of halogens is 4. The molecule has 0 amide bonds. The molecule has 0 saturated carbocycles. The lowest BCUT2D eigenvalue weighted by atomic mass is 10.3. The molecular formula is C8H10ClF3O2. The van der Waals surface area contributed by atoms with Crippen molar-refractivity contribution in [1.29, 1.82) is 0 Å². The topological polar surface area (TPSA) is 40.5 Å². The van der Waals surface area contributed by atoms with Crippen molar-refractivity contribution in [3.05, 3.63) is 34.6 Å². The standard InChI is InChI=1S/C6H2ClF3.2CH4O/c7-3-1-2-4(8)6(10)5(3)9;2*1-2/h1-2H;2*2H,1H3. The first-order chi connectivity index (χ1) is 6.63. The van der Waals surface area contributed by atoms with Crippen molar-refractivity contribution < 1.29 is 23.4 Å². The molecule has 0 radical (unpaired) electrons. The van der Waals surface area contributed by atoms with Gasteiger partial charge in [-0.05, 0) is 12.1 Å². The molecule has 1 aromatic rings. The Bertz CT molecular complexity index is 242. The predicted molar refractivity (Wildman–Crippen MR) is 47.6 cm³/mol. The van der Waals surface area contributed by atoms with E-state index in [0.29, 0.717) is 0 Å². The summed E-state index contributed by atoms with van der Waals surface area (Å²) >= 11 is 5.10. The van der Waals surface area contributed by atoms with Gasteiger partial charge in [0.2, 0.25) is 0 Å². The lowest BCUT2D eigenvalue weighted by Crippen LogP contribution is -1.89. The molecule has 2 N–H and O–H groups in total. The van der Waals surface area contributed by atoms with Gasteiger partial charge in [-0.15, -0.1) is 0 Å². The van der Waals surface area contributed by atoms with Gasteiger partial charge >= 0.3 is 0 Å². The summed E-state index contributed by atoms with van der Waals surface area (Å²) in [6.45, 7) is 0. The maximum Gasteiger partial charge on any atom is 0.195 e. The van der Waals surface area contributed by atoms with Gasteiger partial charge in [-0.1, -0.05) is 11.6 Å². The molecule has 14 heavy (non-hydrogen) atoms. The second kappa shape index (κ2) is 8.80. The van der Waals surface area contributed by atoms with Crippen LogP contribution >= 0.6 is 11.6 Å². The van der Waals surface area contributed by atoms with Crippen LogP contribution < -0.4 is 0 Å². The Hall–Kier alpha value is -0.780. The van der Waals surface area contributed by atoms with Gasteiger partial charge in [0, 0.05) is 14.2 Å². The Balaban J connectivity index is 0. The Morgan fingerprint density at radius 3 is 1.71 bits per heavy atom. The predicted octanol–water partition coefficient (Wildman–Crippen LogP) is 1.97. The second-order valence-electron chi connectivity index (χ2n) is 1.66. The van der Waals surface area contributed by atoms with Crippen LogP contribution in [0.2, 0.25) is 5.02 Å². The third-order valence-corrected chi connectivity index (χ3v) is 1.28. The van der Waals surface area contributed by atoms with Crippen LogP contribution in [0.4, 0.5) is 13.2 Å². The van der Waals surface area contributed by atoms with Crippen molar-refractivity contribution in [2.75, 3.05) is 14.2 Å². The number of aliphatic hydroxyl groups excluding tert-OH is 2. The summed E-state index contributed by atoms with van der Waals surface area (Å²) in [5.41, 5.74) is 0. The van der Waals surface area contributed by atoms with Crippen molar-refractivity contribution in [3.63, 3.8) is 0 Å². The third kappa shape index (κ3) is 4.45. The monoisotopic (exact) mass is 230 g/mol. The smallest absolute Gasteiger partial charge is 0.195 e. The number of hydrogen-bond donors (Lipinski definition) is 2. The highest BCUT2D eigenvalue weighted by atomic mass is 35.5. The Labute approximate surface area is 84.6 Å². The first-order valence-corrected chi connectivity index (χ1v) is 3.69. The summed E-state index contributed by atoms with van der Waals surface area (Å²) in [6.07, 6.45) is 0. The zero-order valence-electron chi connectivity index (χ0n) is 7.56. The Kier molecular flexibility index (Phi) is 9.86. The van der Waals surface area contributed by atoms with Crippen molar-refractivity contribution in [2.24, 2.45) is 0 Å². The van der Waals surface area contributed by atoms with Gasteiger partial charge in [-0.25, -0.2) is 13.2 Å². The van der Waals surface area contributed by atoms with E-state index in [1.54, 1.807) is 0 Å². The van der Waals surface area contributed by atoms with Gasteiger partial charge in [0.05, 0.1) is 5.02 Å². The van der Waals surface area contributed by atoms with Crippen molar-refractivity contribution in [1.82, 2.24) is 0 Å². The fourth-order valence-corrected chi connectivity index (χ4v) is 0.648. The van der Waals surface area contributed by atoms with E-state index in [0.717, 1.165) is 26.4 Å². The molecule has 1 aromatic carbocycles. The minimum Gasteiger partial charge on any atom is -0.400 e. The van der Waals surface area contributed by atoms with E-state index >= 15 is 0 Å². The molecule has 0 aliphatic heterocycles. The number of hydrogen-bond acceptors (Lipinski definition) is 2. The van der Waals surface area contributed by atoms with Crippen LogP contribution in [-0.2, 0) is 0 Å². The van der Waals surface area contributed by atoms with Crippen molar-refractivity contribution >= 4 is 11.6 Å². The van der Waals surface area contributed by atoms with E-state index in [2.05, 4.69) is 0 Å². The molecule has 0 spiro atoms. The van der Waals surface area contributed by atoms with Crippen LogP contribution in [0.25, 0.3) is 0 Å². The Morgan fingerprint density at radius 1 is 0.929 bits per heavy atom. The van der Waals surface area contributed by atoms with Crippen LogP contribution in [-0.4, -0.2) is 24.4 Å². The summed E-state index contributed by atoms with van der Waals surface area (Å²) in [4.78, 5) is 0. The first kappa shape index (κ1) is 15.7. The van der Waals surface area contributed by atoms with E-state index in [-0.39, 0.29) is 0 Å². The number of benzene rings is 1. The largest absolute Gasteiger partial charge is 0.400 e. The average molecular weight is 231 g/mol. The van der Waals surface area contributed by atoms with E-state index in [4.69, 9.17) is 21.8 Å². The third-order valence-electron chi connectivity index (χ3n) is 0.988. The molecule has 0 aromatic heterocycles. The number of rotatable bonds is 0. The minimum absolute atomic E-state index is 0.418. The molecule has 2 nitrogen and oxygen atoms in total. The quantitative estimate of drug-likeness (QED) is 0.529. The fraction of sp³-hybridized carbons (Fsp3) is 0.250. The van der Waals surface area contributed by atoms with Gasteiger partial charge < -0.3 is 10.2 Å². The molecule has 6 heteroatoms. The summed E-state index contributed by atoms with van der Waals surface area (Å²) in [5.74, 6) is -4.11. The molecule has 82 valence electrons. The first-order valence-electron chi connectivity index (χ1n) is 3.31. The molecule has 1 rings (SSSR count). The molecule has 0 unspecified atom stereocenters. The fourth-order valence-electron chi connectivity index (χ4n) is 0.502. The van der Waals surface area contributed by atoms with Crippen LogP contribution in [0.1, 0.15) is 0 Å². The normalized spacial score (nSPS) is 8.00. The van der Waals surface area contributed by atoms with Gasteiger partial charge in [0.15, 0.2) is 17.5 Å². The maximum absolute atomic E-state index is 12.2. The molecular weight excluding hydrogens is 221 g/mol. The Morgan fingerprint density at radius 2 is 1.36 bits per heavy atom. The van der Waals surface area contributed by atoms with E-state index in [1.807, 2.05) is 0 Å². The van der Waals surface area contributed by atoms with Gasteiger partial charge in [-0.3, -0.25) is 0 Å². The van der Waals surface area contributed by atoms with Gasteiger partial charge in [-0.2, -0.15) is 0 Å². The lowest BCUT2D eigenvalue weighted by molar-refractivity contribution is 0.399. The number of aliphatic hydroxyl groups is 2. The van der Waals surface area contributed by atoms with E-state index in [1.165, 1.54) is 0 Å². The highest BCUT2D eigenvalue weighted by Gasteiger charge is 2.10. The lowest BCUT2D eigenvalue weighted by Gasteiger charge is -1.94. The molecule has 0 fully saturated rings. The SMILES string of the molecule is CO.CO.Fc1ccc(Cl)c(F)c1F. The second-order valence-corrected chi connectivity index (χ2v) is 2.06. The zero-order chi connectivity index (χ0) is 11.7. The van der Waals surface area contributed by atoms with Crippen LogP contribution in [0.3, 0.4) is 0 Å². The van der Waals surface area contributed by atoms with Gasteiger partial charge in [0.1, 0.15) is 0 Å². The molecule has 0 aliphatic carbocycles. The van der Waals surface area contributed by atoms with Crippen molar-refractivity contribution in [2.45, 2.75) is 0 Å². The van der Waals surface area contributed by atoms with E-state index in [9.17, 15) is 13.2 Å². The van der Waals surface area contributed by atoms with Crippen LogP contribution in [0.5, 0.6) is 0 Å². The summed E-state index contributed by atoms with van der Waals surface area (Å²) in [6, 6.07) is 1.72. The summed E-state index contributed by atoms with van der Waals surface area (Å²) < 4.78 is 36.5. The molecule has 0 atom stereocenters. The van der Waals surface area contributed by atoms with E-state index < -0.39 is 22.5 Å². The zero-order valence-corrected chi connectivity index (χ0v) is 8.32. The van der Waals surface area contributed by atoms with Crippen LogP contribution in [0.15, 0.2) is 12.1 Å². The minimum atomic E-state index is -1.53. The molecule has 0 saturated heterocycles. The highest BCUT2D eigenvalue weighted by molar-refractivity contribution is 6.30.